The van der Waals surface area contributed by atoms with E-state index in [0.29, 0.717) is 18.2 Å². The van der Waals surface area contributed by atoms with Gasteiger partial charge in [-0.1, -0.05) is 42.5 Å². The molecule has 1 atom stereocenters. The zero-order chi connectivity index (χ0) is 25.4. The highest BCUT2D eigenvalue weighted by Crippen LogP contribution is 2.18. The minimum atomic E-state index is -1.08. The van der Waals surface area contributed by atoms with Crippen molar-refractivity contribution in [3.8, 4) is 5.75 Å². The number of carbonyl (C=O) groups excluding carboxylic acids is 1. The number of carboxylic acid groups (broad SMARTS) is 1. The van der Waals surface area contributed by atoms with Crippen LogP contribution in [0.2, 0.25) is 5.28 Å². The van der Waals surface area contributed by atoms with Crippen LogP contribution in [0.25, 0.3) is 0 Å². The SMILES string of the molecule is CN(C)C(=O)Oc1ccc(C[C@H](Nc2nc(Cl)nc(N(C)CCc3ccccc3)n2)C(=O)O)cc1. The largest absolute Gasteiger partial charge is 0.480 e. The third kappa shape index (κ3) is 7.82. The number of carboxylic acids is 1. The van der Waals surface area contributed by atoms with Gasteiger partial charge >= 0.3 is 12.1 Å². The number of hydrogen-bond donors (Lipinski definition) is 2. The fraction of sp³-hybridized carbons (Fsp3) is 0.292. The Morgan fingerprint density at radius 2 is 1.69 bits per heavy atom. The Balaban J connectivity index is 1.66. The van der Waals surface area contributed by atoms with Crippen LogP contribution in [0.5, 0.6) is 5.75 Å². The normalized spacial score (nSPS) is 11.4. The Kier molecular flexibility index (Phi) is 8.80. The van der Waals surface area contributed by atoms with Gasteiger partial charge in [-0.2, -0.15) is 15.0 Å². The van der Waals surface area contributed by atoms with E-state index < -0.39 is 18.1 Å². The van der Waals surface area contributed by atoms with E-state index in [1.165, 1.54) is 10.5 Å². The molecular formula is C24H27ClN6O4. The van der Waals surface area contributed by atoms with Gasteiger partial charge in [-0.3, -0.25) is 0 Å². The summed E-state index contributed by atoms with van der Waals surface area (Å²) in [6.45, 7) is 0.636. The second kappa shape index (κ2) is 12.0. The van der Waals surface area contributed by atoms with E-state index in [1.807, 2.05) is 42.3 Å². The predicted octanol–water partition coefficient (Wildman–Crippen LogP) is 3.37. The van der Waals surface area contributed by atoms with Crippen LogP contribution in [0.15, 0.2) is 54.6 Å². The van der Waals surface area contributed by atoms with Crippen LogP contribution >= 0.6 is 11.6 Å². The lowest BCUT2D eigenvalue weighted by atomic mass is 10.1. The van der Waals surface area contributed by atoms with Gasteiger partial charge in [0.05, 0.1) is 0 Å². The minimum Gasteiger partial charge on any atom is -0.480 e. The van der Waals surface area contributed by atoms with Gasteiger partial charge in [-0.15, -0.1) is 0 Å². The van der Waals surface area contributed by atoms with Gasteiger partial charge in [0.25, 0.3) is 0 Å². The first kappa shape index (κ1) is 25.7. The van der Waals surface area contributed by atoms with E-state index in [4.69, 9.17) is 16.3 Å². The highest BCUT2D eigenvalue weighted by molar-refractivity contribution is 6.28. The summed E-state index contributed by atoms with van der Waals surface area (Å²) in [5.74, 6) is -0.321. The van der Waals surface area contributed by atoms with Crippen molar-refractivity contribution >= 4 is 35.6 Å². The second-order valence-electron chi connectivity index (χ2n) is 8.03. The molecule has 0 spiro atoms. The quantitative estimate of drug-likeness (QED) is 0.433. The molecule has 1 aromatic heterocycles. The molecule has 3 rings (SSSR count). The van der Waals surface area contributed by atoms with Crippen molar-refractivity contribution in [3.63, 3.8) is 0 Å². The summed E-state index contributed by atoms with van der Waals surface area (Å²) in [6, 6.07) is 15.6. The molecule has 0 fully saturated rings. The van der Waals surface area contributed by atoms with Crippen molar-refractivity contribution in [1.29, 1.82) is 0 Å². The molecular weight excluding hydrogens is 472 g/mol. The van der Waals surface area contributed by atoms with Crippen molar-refractivity contribution in [2.75, 3.05) is 37.9 Å². The summed E-state index contributed by atoms with van der Waals surface area (Å²) >= 11 is 6.09. The summed E-state index contributed by atoms with van der Waals surface area (Å²) in [5, 5.41) is 12.5. The number of likely N-dealkylation sites (N-methyl/N-ethyl adjacent to an activating group) is 1. The molecule has 1 heterocycles. The summed E-state index contributed by atoms with van der Waals surface area (Å²) in [4.78, 5) is 39.3. The predicted molar refractivity (Wildman–Crippen MR) is 133 cm³/mol. The smallest absolute Gasteiger partial charge is 0.414 e. The van der Waals surface area contributed by atoms with E-state index in [0.717, 1.165) is 12.0 Å². The van der Waals surface area contributed by atoms with Crippen LogP contribution in [-0.4, -0.2) is 70.8 Å². The standard InChI is InChI=1S/C24H27ClN6O4/c1-30(2)24(34)35-18-11-9-17(10-12-18)15-19(20(32)33)26-22-27-21(25)28-23(29-22)31(3)14-13-16-7-5-4-6-8-16/h4-12,19H,13-15H2,1-3H3,(H,32,33)(H,26,27,28,29)/t19-/m0/s1. The van der Waals surface area contributed by atoms with E-state index in [1.54, 1.807) is 38.4 Å². The summed E-state index contributed by atoms with van der Waals surface area (Å²) in [7, 11) is 5.00. The number of halogens is 1. The molecule has 0 radical (unpaired) electrons. The maximum Gasteiger partial charge on any atom is 0.414 e. The number of ether oxygens (including phenoxy) is 1. The molecule has 0 saturated heterocycles. The van der Waals surface area contributed by atoms with Crippen molar-refractivity contribution in [2.24, 2.45) is 0 Å². The molecule has 0 saturated carbocycles. The molecule has 0 aliphatic rings. The fourth-order valence-corrected chi connectivity index (χ4v) is 3.25. The van der Waals surface area contributed by atoms with E-state index >= 15 is 0 Å². The third-order valence-corrected chi connectivity index (χ3v) is 5.22. The fourth-order valence-electron chi connectivity index (χ4n) is 3.09. The number of aliphatic carboxylic acids is 1. The molecule has 11 heteroatoms. The number of carbonyl (C=O) groups is 2. The maximum absolute atomic E-state index is 11.9. The molecule has 0 bridgehead atoms. The van der Waals surface area contributed by atoms with E-state index in [9.17, 15) is 14.7 Å². The van der Waals surface area contributed by atoms with Gasteiger partial charge in [0.15, 0.2) is 0 Å². The monoisotopic (exact) mass is 498 g/mol. The van der Waals surface area contributed by atoms with Gasteiger partial charge < -0.3 is 25.0 Å². The summed E-state index contributed by atoms with van der Waals surface area (Å²) in [5.41, 5.74) is 1.89. The highest BCUT2D eigenvalue weighted by atomic mass is 35.5. The van der Waals surface area contributed by atoms with Crippen LogP contribution in [-0.2, 0) is 17.6 Å². The Hall–Kier alpha value is -3.92. The molecule has 10 nitrogen and oxygen atoms in total. The lowest BCUT2D eigenvalue weighted by Gasteiger charge is -2.19. The van der Waals surface area contributed by atoms with Crippen LogP contribution in [0.1, 0.15) is 11.1 Å². The summed E-state index contributed by atoms with van der Waals surface area (Å²) < 4.78 is 5.18. The highest BCUT2D eigenvalue weighted by Gasteiger charge is 2.21. The van der Waals surface area contributed by atoms with Gasteiger partial charge in [0, 0.05) is 34.1 Å². The van der Waals surface area contributed by atoms with Gasteiger partial charge in [0.1, 0.15) is 11.8 Å². The van der Waals surface area contributed by atoms with Crippen LogP contribution in [0.3, 0.4) is 0 Å². The van der Waals surface area contributed by atoms with Gasteiger partial charge in [-0.05, 0) is 41.3 Å². The molecule has 0 aliphatic carbocycles. The molecule has 35 heavy (non-hydrogen) atoms. The lowest BCUT2D eigenvalue weighted by Crippen LogP contribution is -2.33. The molecule has 3 aromatic rings. The number of nitrogens with one attached hydrogen (secondary N) is 1. The lowest BCUT2D eigenvalue weighted by molar-refractivity contribution is -0.137. The Labute approximate surface area is 208 Å². The second-order valence-corrected chi connectivity index (χ2v) is 8.37. The van der Waals surface area contributed by atoms with Crippen molar-refractivity contribution in [3.05, 3.63) is 71.0 Å². The maximum atomic E-state index is 11.9. The molecule has 0 aliphatic heterocycles. The van der Waals surface area contributed by atoms with Crippen molar-refractivity contribution in [1.82, 2.24) is 19.9 Å². The number of rotatable bonds is 10. The molecule has 0 unspecified atom stereocenters. The number of nitrogens with zero attached hydrogens (tertiary/aromatic N) is 5. The van der Waals surface area contributed by atoms with E-state index in [-0.39, 0.29) is 17.7 Å². The van der Waals surface area contributed by atoms with Crippen molar-refractivity contribution < 1.29 is 19.4 Å². The van der Waals surface area contributed by atoms with Gasteiger partial charge in [0.2, 0.25) is 17.2 Å². The topological polar surface area (TPSA) is 121 Å². The van der Waals surface area contributed by atoms with Crippen molar-refractivity contribution in [2.45, 2.75) is 18.9 Å². The molecule has 184 valence electrons. The molecule has 1 amide bonds. The number of benzene rings is 2. The number of anilines is 2. The Bertz CT molecular complexity index is 1140. The zero-order valence-corrected chi connectivity index (χ0v) is 20.4. The first-order chi connectivity index (χ1) is 16.7. The van der Waals surface area contributed by atoms with Crippen LogP contribution in [0, 0.1) is 0 Å². The van der Waals surface area contributed by atoms with Crippen LogP contribution < -0.4 is 15.0 Å². The number of hydrogen-bond acceptors (Lipinski definition) is 8. The molecule has 2 N–H and O–H groups in total. The first-order valence-electron chi connectivity index (χ1n) is 10.9. The zero-order valence-electron chi connectivity index (χ0n) is 19.7. The average Bonchev–Trinajstić information content (AvgIpc) is 2.83. The third-order valence-electron chi connectivity index (χ3n) is 5.05. The van der Waals surface area contributed by atoms with E-state index in [2.05, 4.69) is 20.3 Å². The number of amides is 1. The average molecular weight is 499 g/mol. The Morgan fingerprint density at radius 1 is 1.00 bits per heavy atom. The summed E-state index contributed by atoms with van der Waals surface area (Å²) in [6.07, 6.45) is 0.417. The Morgan fingerprint density at radius 3 is 2.31 bits per heavy atom. The number of aromatic nitrogens is 3. The van der Waals surface area contributed by atoms with Crippen LogP contribution in [0.4, 0.5) is 16.7 Å². The molecule has 2 aromatic carbocycles. The minimum absolute atomic E-state index is 0.0414. The van der Waals surface area contributed by atoms with Gasteiger partial charge in [-0.25, -0.2) is 9.59 Å². The first-order valence-corrected chi connectivity index (χ1v) is 11.2.